The molecule has 28 heavy (non-hydrogen) atoms. The quantitative estimate of drug-likeness (QED) is 0.772. The maximum absolute atomic E-state index is 12.7. The maximum Gasteiger partial charge on any atom is 0.344 e. The second kappa shape index (κ2) is 7.52. The van der Waals surface area contributed by atoms with Crippen molar-refractivity contribution in [1.29, 1.82) is 0 Å². The summed E-state index contributed by atoms with van der Waals surface area (Å²) in [5.74, 6) is 0.0652. The van der Waals surface area contributed by atoms with Crippen LogP contribution < -0.4 is 20.7 Å². The standard InChI is InChI=1S/C21H23N3O4/c1-2-27-18(25)12-28-14-8-6-13(7-9-14)20-23-21(26)16-5-3-4-15-17(22)10-11-24(20)19(15)16/h3-9,17,20H,2,10-12,22H2,1H3,(H,23,26)/t17-,20-/m1/s1. The topological polar surface area (TPSA) is 93.9 Å². The third-order valence-electron chi connectivity index (χ3n) is 5.12. The van der Waals surface area contributed by atoms with Gasteiger partial charge in [0.2, 0.25) is 0 Å². The smallest absolute Gasteiger partial charge is 0.344 e. The van der Waals surface area contributed by atoms with Gasteiger partial charge in [-0.3, -0.25) is 4.79 Å². The summed E-state index contributed by atoms with van der Waals surface area (Å²) in [6.45, 7) is 2.71. The van der Waals surface area contributed by atoms with Crippen molar-refractivity contribution in [2.75, 3.05) is 24.7 Å². The van der Waals surface area contributed by atoms with Crippen LogP contribution in [0.3, 0.4) is 0 Å². The van der Waals surface area contributed by atoms with Crippen LogP contribution in [0.4, 0.5) is 5.69 Å². The zero-order valence-electron chi connectivity index (χ0n) is 15.7. The summed E-state index contributed by atoms with van der Waals surface area (Å²) < 4.78 is 10.3. The molecule has 0 fully saturated rings. The van der Waals surface area contributed by atoms with Crippen molar-refractivity contribution >= 4 is 17.6 Å². The fraction of sp³-hybridized carbons (Fsp3) is 0.333. The van der Waals surface area contributed by atoms with Gasteiger partial charge in [-0.25, -0.2) is 4.79 Å². The molecule has 0 unspecified atom stereocenters. The molecule has 7 heteroatoms. The Morgan fingerprint density at radius 3 is 2.79 bits per heavy atom. The zero-order valence-corrected chi connectivity index (χ0v) is 15.7. The van der Waals surface area contributed by atoms with Gasteiger partial charge in [-0.2, -0.15) is 0 Å². The van der Waals surface area contributed by atoms with E-state index in [0.29, 0.717) is 17.9 Å². The van der Waals surface area contributed by atoms with E-state index in [9.17, 15) is 9.59 Å². The van der Waals surface area contributed by atoms with Crippen LogP contribution in [-0.2, 0) is 9.53 Å². The fourth-order valence-electron chi connectivity index (χ4n) is 3.80. The summed E-state index contributed by atoms with van der Waals surface area (Å²) in [6, 6.07) is 13.0. The average molecular weight is 381 g/mol. The number of para-hydroxylation sites is 1. The largest absolute Gasteiger partial charge is 0.482 e. The van der Waals surface area contributed by atoms with Gasteiger partial charge >= 0.3 is 5.97 Å². The Bertz CT molecular complexity index is 897. The maximum atomic E-state index is 12.7. The number of anilines is 1. The first-order chi connectivity index (χ1) is 13.6. The van der Waals surface area contributed by atoms with Crippen molar-refractivity contribution in [3.63, 3.8) is 0 Å². The number of nitrogens with one attached hydrogen (secondary N) is 1. The molecule has 2 aromatic carbocycles. The third-order valence-corrected chi connectivity index (χ3v) is 5.12. The van der Waals surface area contributed by atoms with Gasteiger partial charge in [0.15, 0.2) is 6.61 Å². The second-order valence-corrected chi connectivity index (χ2v) is 6.87. The Kier molecular flexibility index (Phi) is 4.92. The Morgan fingerprint density at radius 2 is 2.04 bits per heavy atom. The van der Waals surface area contributed by atoms with E-state index >= 15 is 0 Å². The predicted octanol–water partition coefficient (Wildman–Crippen LogP) is 2.28. The fourth-order valence-corrected chi connectivity index (χ4v) is 3.80. The highest BCUT2D eigenvalue weighted by atomic mass is 16.6. The molecule has 2 aliphatic heterocycles. The van der Waals surface area contributed by atoms with Gasteiger partial charge in [0.1, 0.15) is 11.9 Å². The number of amides is 1. The lowest BCUT2D eigenvalue weighted by Gasteiger charge is -2.44. The molecule has 2 atom stereocenters. The van der Waals surface area contributed by atoms with E-state index in [4.69, 9.17) is 15.2 Å². The molecule has 0 radical (unpaired) electrons. The number of esters is 1. The third kappa shape index (κ3) is 3.29. The summed E-state index contributed by atoms with van der Waals surface area (Å²) in [5.41, 5.74) is 9.82. The van der Waals surface area contributed by atoms with Gasteiger partial charge in [0.25, 0.3) is 5.91 Å². The van der Waals surface area contributed by atoms with Crippen LogP contribution in [0, 0.1) is 0 Å². The molecule has 2 aromatic rings. The Balaban J connectivity index is 1.57. The number of benzene rings is 2. The number of carbonyl (C=O) groups is 2. The number of nitrogens with two attached hydrogens (primary N) is 1. The SMILES string of the molecule is CCOC(=O)COc1ccc([C@@H]2NC(=O)c3cccc4c3N2CC[C@H]4N)cc1. The van der Waals surface area contributed by atoms with Crippen LogP contribution in [-0.4, -0.2) is 31.6 Å². The van der Waals surface area contributed by atoms with Crippen LogP contribution in [0.25, 0.3) is 0 Å². The van der Waals surface area contributed by atoms with Crippen molar-refractivity contribution in [3.05, 3.63) is 59.2 Å². The first-order valence-electron chi connectivity index (χ1n) is 9.43. The summed E-state index contributed by atoms with van der Waals surface area (Å²) in [7, 11) is 0. The molecular weight excluding hydrogens is 358 g/mol. The lowest BCUT2D eigenvalue weighted by molar-refractivity contribution is -0.145. The van der Waals surface area contributed by atoms with Gasteiger partial charge in [-0.05, 0) is 42.7 Å². The molecule has 4 rings (SSSR count). The minimum atomic E-state index is -0.403. The Labute approximate surface area is 163 Å². The highest BCUT2D eigenvalue weighted by Crippen LogP contribution is 2.42. The van der Waals surface area contributed by atoms with E-state index in [1.165, 1.54) is 0 Å². The van der Waals surface area contributed by atoms with E-state index in [2.05, 4.69) is 10.2 Å². The van der Waals surface area contributed by atoms with E-state index in [0.717, 1.165) is 29.8 Å². The predicted molar refractivity (Wildman–Crippen MR) is 104 cm³/mol. The summed E-state index contributed by atoms with van der Waals surface area (Å²) in [4.78, 5) is 26.3. The first kappa shape index (κ1) is 18.3. The van der Waals surface area contributed by atoms with Crippen LogP contribution in [0.2, 0.25) is 0 Å². The number of hydrogen-bond donors (Lipinski definition) is 2. The molecule has 3 N–H and O–H groups in total. The van der Waals surface area contributed by atoms with E-state index < -0.39 is 5.97 Å². The van der Waals surface area contributed by atoms with Crippen molar-refractivity contribution in [3.8, 4) is 5.75 Å². The normalized spacial score (nSPS) is 20.2. The number of ether oxygens (including phenoxy) is 2. The lowest BCUT2D eigenvalue weighted by Crippen LogP contribution is -2.49. The summed E-state index contributed by atoms with van der Waals surface area (Å²) in [6.07, 6.45) is 0.552. The molecule has 0 aliphatic carbocycles. The van der Waals surface area contributed by atoms with Crippen molar-refractivity contribution in [1.82, 2.24) is 5.32 Å². The van der Waals surface area contributed by atoms with Gasteiger partial charge in [-0.1, -0.05) is 24.3 Å². The molecule has 0 saturated heterocycles. The molecule has 2 heterocycles. The minimum absolute atomic E-state index is 0.0589. The second-order valence-electron chi connectivity index (χ2n) is 6.87. The molecule has 0 saturated carbocycles. The van der Waals surface area contributed by atoms with E-state index in [1.807, 2.05) is 30.3 Å². The van der Waals surface area contributed by atoms with Crippen molar-refractivity contribution in [2.45, 2.75) is 25.6 Å². The first-order valence-corrected chi connectivity index (χ1v) is 9.43. The molecule has 7 nitrogen and oxygen atoms in total. The molecule has 0 spiro atoms. The monoisotopic (exact) mass is 381 g/mol. The van der Waals surface area contributed by atoms with Crippen LogP contribution in [0.15, 0.2) is 42.5 Å². The van der Waals surface area contributed by atoms with E-state index in [1.54, 1.807) is 19.1 Å². The average Bonchev–Trinajstić information content (AvgIpc) is 2.71. The Hall–Kier alpha value is -3.06. The van der Waals surface area contributed by atoms with Crippen LogP contribution in [0.1, 0.15) is 47.0 Å². The lowest BCUT2D eigenvalue weighted by atomic mass is 9.90. The van der Waals surface area contributed by atoms with Crippen LogP contribution in [0.5, 0.6) is 5.75 Å². The molecule has 1 amide bonds. The van der Waals surface area contributed by atoms with Crippen molar-refractivity contribution < 1.29 is 19.1 Å². The summed E-state index contributed by atoms with van der Waals surface area (Å²) >= 11 is 0. The minimum Gasteiger partial charge on any atom is -0.482 e. The molecule has 0 aromatic heterocycles. The van der Waals surface area contributed by atoms with Gasteiger partial charge in [0.05, 0.1) is 17.9 Å². The van der Waals surface area contributed by atoms with Gasteiger partial charge in [-0.15, -0.1) is 0 Å². The molecular formula is C21H23N3O4. The number of carbonyl (C=O) groups excluding carboxylic acids is 2. The highest BCUT2D eigenvalue weighted by molar-refractivity contribution is 6.03. The van der Waals surface area contributed by atoms with Gasteiger partial charge in [0, 0.05) is 12.6 Å². The zero-order chi connectivity index (χ0) is 19.7. The number of hydrogen-bond acceptors (Lipinski definition) is 6. The number of nitrogens with zero attached hydrogens (tertiary/aromatic N) is 1. The van der Waals surface area contributed by atoms with Crippen molar-refractivity contribution in [2.24, 2.45) is 5.73 Å². The van der Waals surface area contributed by atoms with Crippen LogP contribution >= 0.6 is 0 Å². The summed E-state index contributed by atoms with van der Waals surface area (Å²) in [5, 5.41) is 3.08. The highest BCUT2D eigenvalue weighted by Gasteiger charge is 2.37. The number of rotatable bonds is 5. The van der Waals surface area contributed by atoms with Gasteiger partial charge < -0.3 is 25.4 Å². The Morgan fingerprint density at radius 1 is 1.25 bits per heavy atom. The van der Waals surface area contributed by atoms with E-state index in [-0.39, 0.29) is 24.7 Å². The molecule has 2 aliphatic rings. The molecule has 0 bridgehead atoms. The molecule has 146 valence electrons.